The number of pyridine rings is 1. The van der Waals surface area contributed by atoms with Crippen molar-refractivity contribution in [1.29, 1.82) is 0 Å². The van der Waals surface area contributed by atoms with Gasteiger partial charge in [-0.05, 0) is 30.3 Å². The summed E-state index contributed by atoms with van der Waals surface area (Å²) >= 11 is 0. The summed E-state index contributed by atoms with van der Waals surface area (Å²) in [5.74, 6) is -0.702. The van der Waals surface area contributed by atoms with Gasteiger partial charge in [-0.2, -0.15) is 13.2 Å². The molecule has 7 nitrogen and oxygen atoms in total. The van der Waals surface area contributed by atoms with Crippen molar-refractivity contribution in [2.24, 2.45) is 14.1 Å². The molecular formula is C17H13F3N4O3. The molecule has 10 heteroatoms. The fraction of sp³-hybridized carbons (Fsp3) is 0.176. The number of nitrogens with one attached hydrogen (secondary N) is 1. The van der Waals surface area contributed by atoms with Crippen LogP contribution in [0.5, 0.6) is 0 Å². The quantitative estimate of drug-likeness (QED) is 0.738. The highest BCUT2D eigenvalue weighted by atomic mass is 19.4. The molecule has 140 valence electrons. The SMILES string of the molecule is Cn1c(=O)c2c(NC(=O)c3ccc(C(F)(F)F)cc3)ccnc2n(C)c1=O. The third-order valence-electron chi connectivity index (χ3n) is 4.06. The first-order chi connectivity index (χ1) is 12.6. The Morgan fingerprint density at radius 3 is 2.26 bits per heavy atom. The number of anilines is 1. The largest absolute Gasteiger partial charge is 0.416 e. The van der Waals surface area contributed by atoms with E-state index < -0.39 is 28.9 Å². The second kappa shape index (κ2) is 6.38. The summed E-state index contributed by atoms with van der Waals surface area (Å²) in [5, 5.41) is 2.50. The predicted octanol–water partition coefficient (Wildman–Crippen LogP) is 1.90. The first-order valence-corrected chi connectivity index (χ1v) is 7.64. The van der Waals surface area contributed by atoms with Gasteiger partial charge in [-0.15, -0.1) is 0 Å². The summed E-state index contributed by atoms with van der Waals surface area (Å²) in [7, 11) is 2.72. The summed E-state index contributed by atoms with van der Waals surface area (Å²) in [6.07, 6.45) is -3.20. The van der Waals surface area contributed by atoms with Crippen molar-refractivity contribution in [2.45, 2.75) is 6.18 Å². The van der Waals surface area contributed by atoms with Crippen LogP contribution in [-0.2, 0) is 20.3 Å². The molecule has 0 aliphatic rings. The average Bonchev–Trinajstić information content (AvgIpc) is 2.63. The Kier molecular flexibility index (Phi) is 4.34. The second-order valence-corrected chi connectivity index (χ2v) is 5.79. The van der Waals surface area contributed by atoms with E-state index in [1.807, 2.05) is 0 Å². The zero-order valence-electron chi connectivity index (χ0n) is 14.2. The molecule has 0 aliphatic carbocycles. The summed E-state index contributed by atoms with van der Waals surface area (Å²) < 4.78 is 39.9. The zero-order chi connectivity index (χ0) is 19.9. The highest BCUT2D eigenvalue weighted by Gasteiger charge is 2.30. The lowest BCUT2D eigenvalue weighted by Crippen LogP contribution is -2.37. The molecule has 3 rings (SSSR count). The molecule has 0 fully saturated rings. The van der Waals surface area contributed by atoms with Crippen LogP contribution in [0.25, 0.3) is 11.0 Å². The molecule has 2 heterocycles. The van der Waals surface area contributed by atoms with Crippen molar-refractivity contribution in [2.75, 3.05) is 5.32 Å². The van der Waals surface area contributed by atoms with Crippen molar-refractivity contribution in [1.82, 2.24) is 14.1 Å². The Morgan fingerprint density at radius 2 is 1.67 bits per heavy atom. The first-order valence-electron chi connectivity index (χ1n) is 7.64. The van der Waals surface area contributed by atoms with E-state index in [9.17, 15) is 27.6 Å². The molecule has 0 saturated heterocycles. The highest BCUT2D eigenvalue weighted by molar-refractivity contribution is 6.08. The Hall–Kier alpha value is -3.43. The van der Waals surface area contributed by atoms with Crippen molar-refractivity contribution in [3.63, 3.8) is 0 Å². The van der Waals surface area contributed by atoms with Crippen LogP contribution in [0, 0.1) is 0 Å². The lowest BCUT2D eigenvalue weighted by molar-refractivity contribution is -0.137. The van der Waals surface area contributed by atoms with Crippen molar-refractivity contribution < 1.29 is 18.0 Å². The van der Waals surface area contributed by atoms with Crippen LogP contribution in [0.3, 0.4) is 0 Å². The zero-order valence-corrected chi connectivity index (χ0v) is 14.2. The maximum Gasteiger partial charge on any atom is 0.416 e. The van der Waals surface area contributed by atoms with Gasteiger partial charge in [-0.1, -0.05) is 0 Å². The third-order valence-corrected chi connectivity index (χ3v) is 4.06. The monoisotopic (exact) mass is 378 g/mol. The van der Waals surface area contributed by atoms with Crippen LogP contribution >= 0.6 is 0 Å². The molecule has 0 saturated carbocycles. The van der Waals surface area contributed by atoms with E-state index in [-0.39, 0.29) is 22.3 Å². The van der Waals surface area contributed by atoms with Crippen molar-refractivity contribution in [3.8, 4) is 0 Å². The number of carbonyl (C=O) groups excluding carboxylic acids is 1. The minimum atomic E-state index is -4.51. The number of hydrogen-bond acceptors (Lipinski definition) is 4. The maximum atomic E-state index is 12.6. The molecule has 0 atom stereocenters. The van der Waals surface area contributed by atoms with Gasteiger partial charge in [0, 0.05) is 25.9 Å². The van der Waals surface area contributed by atoms with Crippen LogP contribution < -0.4 is 16.6 Å². The molecule has 3 aromatic rings. The highest BCUT2D eigenvalue weighted by Crippen LogP contribution is 2.29. The summed E-state index contributed by atoms with van der Waals surface area (Å²) in [4.78, 5) is 40.8. The molecular weight excluding hydrogens is 365 g/mol. The second-order valence-electron chi connectivity index (χ2n) is 5.79. The maximum absolute atomic E-state index is 12.6. The summed E-state index contributed by atoms with van der Waals surface area (Å²) in [6, 6.07) is 5.03. The molecule has 2 aromatic heterocycles. The van der Waals surface area contributed by atoms with Gasteiger partial charge >= 0.3 is 11.9 Å². The number of carbonyl (C=O) groups is 1. The number of alkyl halides is 3. The van der Waals surface area contributed by atoms with E-state index >= 15 is 0 Å². The Labute approximate surface area is 149 Å². The van der Waals surface area contributed by atoms with E-state index in [2.05, 4.69) is 10.3 Å². The number of rotatable bonds is 2. The number of hydrogen-bond donors (Lipinski definition) is 1. The van der Waals surface area contributed by atoms with E-state index in [0.717, 1.165) is 33.4 Å². The molecule has 1 aromatic carbocycles. The molecule has 0 radical (unpaired) electrons. The average molecular weight is 378 g/mol. The third kappa shape index (κ3) is 3.21. The number of nitrogens with zero attached hydrogens (tertiary/aromatic N) is 3. The molecule has 1 amide bonds. The van der Waals surface area contributed by atoms with Gasteiger partial charge in [-0.25, -0.2) is 9.78 Å². The van der Waals surface area contributed by atoms with Gasteiger partial charge in [0.2, 0.25) is 0 Å². The normalized spacial score (nSPS) is 11.6. The number of aromatic nitrogens is 3. The number of benzene rings is 1. The van der Waals surface area contributed by atoms with Crippen LogP contribution in [-0.4, -0.2) is 20.0 Å². The lowest BCUT2D eigenvalue weighted by Gasteiger charge is -2.12. The predicted molar refractivity (Wildman–Crippen MR) is 91.6 cm³/mol. The fourth-order valence-electron chi connectivity index (χ4n) is 2.60. The number of aryl methyl sites for hydroxylation is 1. The van der Waals surface area contributed by atoms with E-state index in [0.29, 0.717) is 0 Å². The molecule has 27 heavy (non-hydrogen) atoms. The molecule has 1 N–H and O–H groups in total. The van der Waals surface area contributed by atoms with Gasteiger partial charge in [0.1, 0.15) is 5.39 Å². The Morgan fingerprint density at radius 1 is 1.04 bits per heavy atom. The van der Waals surface area contributed by atoms with E-state index in [1.165, 1.54) is 26.4 Å². The van der Waals surface area contributed by atoms with Crippen LogP contribution in [0.2, 0.25) is 0 Å². The lowest BCUT2D eigenvalue weighted by atomic mass is 10.1. The molecule has 0 unspecified atom stereocenters. The van der Waals surface area contributed by atoms with E-state index in [4.69, 9.17) is 0 Å². The molecule has 0 bridgehead atoms. The van der Waals surface area contributed by atoms with Gasteiger partial charge in [0.05, 0.1) is 11.3 Å². The van der Waals surface area contributed by atoms with Gasteiger partial charge < -0.3 is 5.32 Å². The molecule has 0 spiro atoms. The van der Waals surface area contributed by atoms with Gasteiger partial charge in [0.25, 0.3) is 11.5 Å². The number of fused-ring (bicyclic) bond motifs is 1. The van der Waals surface area contributed by atoms with Gasteiger partial charge in [0.15, 0.2) is 5.65 Å². The standard InChI is InChI=1S/C17H13F3N4O3/c1-23-13-12(15(26)24(2)16(23)27)11(7-8-21-13)22-14(25)9-3-5-10(6-4-9)17(18,19)20/h3-8H,1-2H3,(H,21,22,25). The van der Waals surface area contributed by atoms with Crippen molar-refractivity contribution >= 4 is 22.6 Å². The Bertz CT molecular complexity index is 1160. The van der Waals surface area contributed by atoms with E-state index in [1.54, 1.807) is 0 Å². The summed E-state index contributed by atoms with van der Waals surface area (Å²) in [6.45, 7) is 0. The van der Waals surface area contributed by atoms with Crippen LogP contribution in [0.4, 0.5) is 18.9 Å². The Balaban J connectivity index is 2.03. The number of amides is 1. The van der Waals surface area contributed by atoms with Gasteiger partial charge in [-0.3, -0.25) is 18.7 Å². The minimum absolute atomic E-state index is 0.0161. The summed E-state index contributed by atoms with van der Waals surface area (Å²) in [5.41, 5.74) is -1.95. The van der Waals surface area contributed by atoms with Crippen molar-refractivity contribution in [3.05, 3.63) is 68.5 Å². The topological polar surface area (TPSA) is 86.0 Å². The fourth-order valence-corrected chi connectivity index (χ4v) is 2.60. The first kappa shape index (κ1) is 18.4. The number of halogens is 3. The van der Waals surface area contributed by atoms with Crippen LogP contribution in [0.15, 0.2) is 46.1 Å². The smallest absolute Gasteiger partial charge is 0.321 e. The van der Waals surface area contributed by atoms with Crippen LogP contribution in [0.1, 0.15) is 15.9 Å². The minimum Gasteiger partial charge on any atom is -0.321 e. The molecule has 0 aliphatic heterocycles.